The van der Waals surface area contributed by atoms with E-state index in [1.807, 2.05) is 0 Å². The van der Waals surface area contributed by atoms with Crippen molar-refractivity contribution in [3.63, 3.8) is 0 Å². The Morgan fingerprint density at radius 1 is 1.29 bits per heavy atom. The molecule has 1 saturated heterocycles. The number of hydrogen-bond acceptors (Lipinski definition) is 7. The van der Waals surface area contributed by atoms with Gasteiger partial charge in [0.05, 0.1) is 12.3 Å². The number of ether oxygens (including phenoxy) is 2. The van der Waals surface area contributed by atoms with Gasteiger partial charge in [-0.25, -0.2) is 18.7 Å². The first-order chi connectivity index (χ1) is 16.2. The Labute approximate surface area is 189 Å². The van der Waals surface area contributed by atoms with Crippen LogP contribution < -0.4 is 10.6 Å². The summed E-state index contributed by atoms with van der Waals surface area (Å²) in [6.45, 7) is -0.117. The number of halogens is 4. The number of hydrogen-bond donors (Lipinski definition) is 3. The smallest absolute Gasteiger partial charge is 0.435 e. The predicted octanol–water partition coefficient (Wildman–Crippen LogP) is 3.27. The Morgan fingerprint density at radius 3 is 2.79 bits per heavy atom. The van der Waals surface area contributed by atoms with Crippen molar-refractivity contribution < 1.29 is 31.8 Å². The number of aromatic amines is 1. The Kier molecular flexibility index (Phi) is 4.53. The minimum absolute atomic E-state index is 0.0826. The molecule has 0 aromatic carbocycles. The van der Waals surface area contributed by atoms with Gasteiger partial charge in [0.1, 0.15) is 11.6 Å². The molecule has 0 unspecified atom stereocenters. The van der Waals surface area contributed by atoms with Crippen molar-refractivity contribution in [2.24, 2.45) is 5.92 Å². The second kappa shape index (κ2) is 7.29. The lowest BCUT2D eigenvalue weighted by atomic mass is 9.50. The molecule has 14 heteroatoms. The minimum atomic E-state index is -4.61. The van der Waals surface area contributed by atoms with Gasteiger partial charge >= 0.3 is 12.3 Å². The van der Waals surface area contributed by atoms with Crippen LogP contribution in [0.2, 0.25) is 0 Å². The normalized spacial score (nSPS) is 30.0. The average Bonchev–Trinajstić information content (AvgIpc) is 3.43. The van der Waals surface area contributed by atoms with Crippen molar-refractivity contribution >= 4 is 23.2 Å². The summed E-state index contributed by atoms with van der Waals surface area (Å²) in [6.07, 6.45) is -3.61. The summed E-state index contributed by atoms with van der Waals surface area (Å²) in [6, 6.07) is 2.31. The van der Waals surface area contributed by atoms with E-state index in [9.17, 15) is 22.4 Å². The highest BCUT2D eigenvalue weighted by Crippen LogP contribution is 2.57. The van der Waals surface area contributed by atoms with Crippen LogP contribution >= 0.6 is 0 Å². The lowest BCUT2D eigenvalue weighted by Gasteiger charge is -2.61. The van der Waals surface area contributed by atoms with Gasteiger partial charge in [0, 0.05) is 30.1 Å². The van der Waals surface area contributed by atoms with Gasteiger partial charge in [0.15, 0.2) is 29.6 Å². The quantitative estimate of drug-likeness (QED) is 0.479. The summed E-state index contributed by atoms with van der Waals surface area (Å²) in [5.41, 5.74) is -0.876. The molecule has 4 heterocycles. The van der Waals surface area contributed by atoms with Gasteiger partial charge in [-0.2, -0.15) is 23.4 Å². The number of carbonyl (C=O) groups excluding carboxylic acids is 1. The number of aromatic nitrogens is 5. The standard InChI is InChI=1S/C20H19F4N7O3/c21-15-12(34-18(32)27-19-5-9(6-19)7-19)8-33-16(15)10-3-14(29-28-10)26-17-11-4-13(20(22,23)24)30-31(11)2-1-25-17/h1-4,9,12,15-16H,5-8H2,(H,27,32)(H2,25,26,28,29)/t9?,12-,15-,16-,19?/m1/s1. The number of nitrogens with zero attached hydrogens (tertiary/aromatic N) is 4. The van der Waals surface area contributed by atoms with Crippen LogP contribution in [0.25, 0.3) is 5.52 Å². The Bertz CT molecular complexity index is 1240. The predicted molar refractivity (Wildman–Crippen MR) is 107 cm³/mol. The first-order valence-corrected chi connectivity index (χ1v) is 10.7. The molecule has 180 valence electrons. The molecule has 0 spiro atoms. The van der Waals surface area contributed by atoms with Crippen LogP contribution in [0.4, 0.5) is 34.0 Å². The van der Waals surface area contributed by atoms with Gasteiger partial charge < -0.3 is 20.1 Å². The molecule has 3 aliphatic carbocycles. The summed E-state index contributed by atoms with van der Waals surface area (Å²) < 4.78 is 65.7. The van der Waals surface area contributed by atoms with Gasteiger partial charge in [-0.3, -0.25) is 5.10 Å². The van der Waals surface area contributed by atoms with Crippen molar-refractivity contribution in [2.45, 2.75) is 49.4 Å². The molecule has 0 radical (unpaired) electrons. The van der Waals surface area contributed by atoms with Crippen molar-refractivity contribution in [3.8, 4) is 0 Å². The second-order valence-electron chi connectivity index (χ2n) is 8.99. The monoisotopic (exact) mass is 481 g/mol. The van der Waals surface area contributed by atoms with Crippen LogP contribution in [0.15, 0.2) is 24.5 Å². The maximum absolute atomic E-state index is 15.0. The molecule has 3 saturated carbocycles. The van der Waals surface area contributed by atoms with Crippen molar-refractivity contribution in [1.82, 2.24) is 30.1 Å². The third-order valence-electron chi connectivity index (χ3n) is 6.58. The molecule has 34 heavy (non-hydrogen) atoms. The topological polar surface area (TPSA) is 118 Å². The van der Waals surface area contributed by atoms with E-state index in [0.29, 0.717) is 5.92 Å². The second-order valence-corrected chi connectivity index (χ2v) is 8.99. The number of alkyl carbamates (subject to hydrolysis) is 1. The number of alkyl halides is 4. The van der Waals surface area contributed by atoms with Crippen LogP contribution in [-0.2, 0) is 15.7 Å². The van der Waals surface area contributed by atoms with Crippen LogP contribution in [0.5, 0.6) is 0 Å². The van der Waals surface area contributed by atoms with Gasteiger partial charge in [0.25, 0.3) is 0 Å². The van der Waals surface area contributed by atoms with Crippen LogP contribution in [0.3, 0.4) is 0 Å². The molecule has 7 rings (SSSR count). The number of nitrogens with one attached hydrogen (secondary N) is 3. The van der Waals surface area contributed by atoms with E-state index in [4.69, 9.17) is 9.47 Å². The number of H-pyrrole nitrogens is 1. The van der Waals surface area contributed by atoms with E-state index < -0.39 is 36.3 Å². The average molecular weight is 481 g/mol. The largest absolute Gasteiger partial charge is 0.441 e. The van der Waals surface area contributed by atoms with E-state index in [1.165, 1.54) is 18.5 Å². The van der Waals surface area contributed by atoms with Crippen LogP contribution in [0, 0.1) is 5.92 Å². The highest BCUT2D eigenvalue weighted by atomic mass is 19.4. The summed E-state index contributed by atoms with van der Waals surface area (Å²) in [5, 5.41) is 15.8. The highest BCUT2D eigenvalue weighted by Gasteiger charge is 2.58. The molecule has 4 fully saturated rings. The SMILES string of the molecule is O=C(NC12CC(C1)C2)O[C@@H]1CO[C@H](c2cc(Nc3nccn4nc(C(F)(F)F)cc34)n[nH]2)[C@@H]1F. The minimum Gasteiger partial charge on any atom is -0.441 e. The van der Waals surface area contributed by atoms with Crippen molar-refractivity contribution in [2.75, 3.05) is 11.9 Å². The third-order valence-corrected chi connectivity index (χ3v) is 6.58. The van der Waals surface area contributed by atoms with E-state index in [-0.39, 0.29) is 35.0 Å². The van der Waals surface area contributed by atoms with E-state index in [2.05, 4.69) is 30.9 Å². The van der Waals surface area contributed by atoms with Gasteiger partial charge in [-0.05, 0) is 25.2 Å². The van der Waals surface area contributed by atoms with Gasteiger partial charge in [-0.15, -0.1) is 0 Å². The molecule has 1 aliphatic heterocycles. The Balaban J connectivity index is 1.12. The molecule has 2 bridgehead atoms. The Hall–Kier alpha value is -3.42. The number of amides is 1. The first kappa shape index (κ1) is 21.1. The zero-order valence-corrected chi connectivity index (χ0v) is 17.5. The maximum Gasteiger partial charge on any atom is 0.435 e. The van der Waals surface area contributed by atoms with E-state index in [0.717, 1.165) is 29.8 Å². The lowest BCUT2D eigenvalue weighted by molar-refractivity contribution is -0.141. The third kappa shape index (κ3) is 3.52. The first-order valence-electron chi connectivity index (χ1n) is 10.7. The summed E-state index contributed by atoms with van der Waals surface area (Å²) in [5.74, 6) is 0.950. The zero-order chi connectivity index (χ0) is 23.7. The molecular weight excluding hydrogens is 462 g/mol. The summed E-state index contributed by atoms with van der Waals surface area (Å²) in [4.78, 5) is 16.2. The fourth-order valence-electron chi connectivity index (χ4n) is 4.78. The van der Waals surface area contributed by atoms with E-state index >= 15 is 0 Å². The number of fused-ring (bicyclic) bond motifs is 1. The molecule has 1 amide bonds. The van der Waals surface area contributed by atoms with Crippen LogP contribution in [-0.4, -0.2) is 55.3 Å². The van der Waals surface area contributed by atoms with Crippen molar-refractivity contribution in [1.29, 1.82) is 0 Å². The molecule has 10 nitrogen and oxygen atoms in total. The molecule has 4 aliphatic rings. The fraction of sp³-hybridized carbons (Fsp3) is 0.500. The molecule has 3 aromatic heterocycles. The highest BCUT2D eigenvalue weighted by molar-refractivity contribution is 5.72. The van der Waals surface area contributed by atoms with Crippen LogP contribution in [0.1, 0.15) is 36.8 Å². The van der Waals surface area contributed by atoms with Crippen molar-refractivity contribution in [3.05, 3.63) is 35.9 Å². The number of anilines is 2. The molecule has 3 atom stereocenters. The van der Waals surface area contributed by atoms with Gasteiger partial charge in [0.2, 0.25) is 0 Å². The Morgan fingerprint density at radius 2 is 2.09 bits per heavy atom. The zero-order valence-electron chi connectivity index (χ0n) is 17.5. The number of carbonyl (C=O) groups is 1. The van der Waals surface area contributed by atoms with E-state index in [1.54, 1.807) is 0 Å². The molecule has 3 aromatic rings. The maximum atomic E-state index is 15.0. The fourth-order valence-corrected chi connectivity index (χ4v) is 4.78. The molecule has 3 N–H and O–H groups in total. The number of rotatable bonds is 5. The molecular formula is C20H19F4N7O3. The lowest BCUT2D eigenvalue weighted by Crippen LogP contribution is -2.68. The summed E-state index contributed by atoms with van der Waals surface area (Å²) in [7, 11) is 0. The van der Waals surface area contributed by atoms with Gasteiger partial charge in [-0.1, -0.05) is 0 Å². The summed E-state index contributed by atoms with van der Waals surface area (Å²) >= 11 is 0.